The van der Waals surface area contributed by atoms with Gasteiger partial charge in [-0.25, -0.2) is 0 Å². The number of aromatic nitrogens is 3. The van der Waals surface area contributed by atoms with E-state index in [4.69, 9.17) is 4.74 Å². The summed E-state index contributed by atoms with van der Waals surface area (Å²) in [4.78, 5) is 26.5. The molecule has 7 heteroatoms. The van der Waals surface area contributed by atoms with E-state index in [9.17, 15) is 9.59 Å². The fraction of sp³-hybridized carbons (Fsp3) is 0.524. The van der Waals surface area contributed by atoms with Crippen molar-refractivity contribution in [1.82, 2.24) is 19.9 Å². The molecule has 150 valence electrons. The van der Waals surface area contributed by atoms with E-state index in [1.807, 2.05) is 18.2 Å². The first-order valence-electron chi connectivity index (χ1n) is 10.1. The summed E-state index contributed by atoms with van der Waals surface area (Å²) in [5, 5.41) is 8.18. The van der Waals surface area contributed by atoms with Crippen LogP contribution in [0, 0.1) is 0 Å². The molecule has 0 aliphatic carbocycles. The number of esters is 1. The average Bonchev–Trinajstić information content (AvgIpc) is 3.18. The molecular formula is C21H28N4O3. The van der Waals surface area contributed by atoms with Gasteiger partial charge in [0.1, 0.15) is 0 Å². The van der Waals surface area contributed by atoms with E-state index in [2.05, 4.69) is 22.4 Å². The van der Waals surface area contributed by atoms with Gasteiger partial charge in [-0.3, -0.25) is 14.3 Å². The first-order chi connectivity index (χ1) is 13.7. The van der Waals surface area contributed by atoms with Crippen molar-refractivity contribution in [2.24, 2.45) is 0 Å². The number of amides is 1. The Labute approximate surface area is 165 Å². The van der Waals surface area contributed by atoms with Gasteiger partial charge in [0.2, 0.25) is 0 Å². The Morgan fingerprint density at radius 2 is 2.04 bits per heavy atom. The average molecular weight is 384 g/mol. The summed E-state index contributed by atoms with van der Waals surface area (Å²) in [5.41, 5.74) is 1.63. The molecule has 1 aromatic heterocycles. The number of rotatable bonds is 8. The molecule has 1 fully saturated rings. The van der Waals surface area contributed by atoms with Crippen molar-refractivity contribution in [3.05, 3.63) is 47.8 Å². The lowest BCUT2D eigenvalue weighted by molar-refractivity contribution is -0.144. The first kappa shape index (κ1) is 20.0. The van der Waals surface area contributed by atoms with Gasteiger partial charge in [0, 0.05) is 19.1 Å². The van der Waals surface area contributed by atoms with Crippen LogP contribution in [0.1, 0.15) is 55.1 Å². The summed E-state index contributed by atoms with van der Waals surface area (Å²) in [7, 11) is 0. The number of nitrogens with zero attached hydrogens (tertiary/aromatic N) is 4. The minimum Gasteiger partial charge on any atom is -0.466 e. The van der Waals surface area contributed by atoms with Gasteiger partial charge in [-0.15, -0.1) is 5.10 Å². The quantitative estimate of drug-likeness (QED) is 0.654. The zero-order valence-corrected chi connectivity index (χ0v) is 16.4. The third kappa shape index (κ3) is 5.41. The molecule has 3 rings (SSSR count). The zero-order chi connectivity index (χ0) is 19.8. The standard InChI is InChI=1S/C21H28N4O3/c1-2-28-20(26)15-18-12-6-7-14-25(18)21(27)19-16-24(23-22-19)13-8-11-17-9-4-3-5-10-17/h3-5,9-10,16,18H,2,6-8,11-15H2,1H3. The smallest absolute Gasteiger partial charge is 0.307 e. The van der Waals surface area contributed by atoms with Crippen molar-refractivity contribution in [2.75, 3.05) is 13.2 Å². The van der Waals surface area contributed by atoms with Crippen molar-refractivity contribution in [3.8, 4) is 0 Å². The van der Waals surface area contributed by atoms with Gasteiger partial charge in [0.05, 0.1) is 19.2 Å². The second-order valence-corrected chi connectivity index (χ2v) is 7.11. The summed E-state index contributed by atoms with van der Waals surface area (Å²) >= 11 is 0. The van der Waals surface area contributed by atoms with Crippen LogP contribution in [0.15, 0.2) is 36.5 Å². The molecule has 28 heavy (non-hydrogen) atoms. The van der Waals surface area contributed by atoms with Gasteiger partial charge in [0.15, 0.2) is 5.69 Å². The van der Waals surface area contributed by atoms with E-state index >= 15 is 0 Å². The molecule has 7 nitrogen and oxygen atoms in total. The number of benzene rings is 1. The Balaban J connectivity index is 1.56. The number of carbonyl (C=O) groups excluding carboxylic acids is 2. The zero-order valence-electron chi connectivity index (χ0n) is 16.4. The summed E-state index contributed by atoms with van der Waals surface area (Å²) in [5.74, 6) is -0.403. The minimum absolute atomic E-state index is 0.122. The van der Waals surface area contributed by atoms with E-state index in [1.165, 1.54) is 5.56 Å². The van der Waals surface area contributed by atoms with E-state index in [-0.39, 0.29) is 24.3 Å². The number of carbonyl (C=O) groups is 2. The van der Waals surface area contributed by atoms with Crippen LogP contribution in [0.3, 0.4) is 0 Å². The van der Waals surface area contributed by atoms with Crippen molar-refractivity contribution in [3.63, 3.8) is 0 Å². The van der Waals surface area contributed by atoms with Gasteiger partial charge >= 0.3 is 5.97 Å². The summed E-state index contributed by atoms with van der Waals surface area (Å²) in [6, 6.07) is 10.2. The van der Waals surface area contributed by atoms with Gasteiger partial charge in [-0.2, -0.15) is 0 Å². The Bertz CT molecular complexity index is 775. The molecule has 1 atom stereocenters. The third-order valence-corrected chi connectivity index (χ3v) is 5.05. The Morgan fingerprint density at radius 1 is 1.21 bits per heavy atom. The fourth-order valence-electron chi connectivity index (χ4n) is 3.64. The lowest BCUT2D eigenvalue weighted by Gasteiger charge is -2.34. The maximum absolute atomic E-state index is 12.9. The summed E-state index contributed by atoms with van der Waals surface area (Å²) in [6.07, 6.45) is 6.61. The number of hydrogen-bond acceptors (Lipinski definition) is 5. The summed E-state index contributed by atoms with van der Waals surface area (Å²) < 4.78 is 6.78. The van der Waals surface area contributed by atoms with Crippen LogP contribution in [0.4, 0.5) is 0 Å². The van der Waals surface area contributed by atoms with Crippen LogP contribution in [0.2, 0.25) is 0 Å². The molecule has 1 saturated heterocycles. The molecule has 0 N–H and O–H groups in total. The van der Waals surface area contributed by atoms with Gasteiger partial charge in [-0.05, 0) is 44.6 Å². The highest BCUT2D eigenvalue weighted by molar-refractivity contribution is 5.92. The van der Waals surface area contributed by atoms with Crippen LogP contribution in [0.5, 0.6) is 0 Å². The highest BCUT2D eigenvalue weighted by Gasteiger charge is 2.30. The number of piperidine rings is 1. The van der Waals surface area contributed by atoms with E-state index < -0.39 is 0 Å². The lowest BCUT2D eigenvalue weighted by Crippen LogP contribution is -2.45. The molecule has 0 radical (unpaired) electrons. The molecular weight excluding hydrogens is 356 g/mol. The molecule has 1 aromatic carbocycles. The SMILES string of the molecule is CCOC(=O)CC1CCCCN1C(=O)c1cn(CCCc2ccccc2)nn1. The number of hydrogen-bond donors (Lipinski definition) is 0. The molecule has 0 spiro atoms. The van der Waals surface area contributed by atoms with E-state index in [0.717, 1.165) is 32.1 Å². The highest BCUT2D eigenvalue weighted by Crippen LogP contribution is 2.22. The van der Waals surface area contributed by atoms with Crippen LogP contribution in [-0.2, 0) is 22.5 Å². The van der Waals surface area contributed by atoms with Crippen LogP contribution < -0.4 is 0 Å². The fourth-order valence-corrected chi connectivity index (χ4v) is 3.64. The maximum Gasteiger partial charge on any atom is 0.307 e. The molecule has 1 aliphatic heterocycles. The van der Waals surface area contributed by atoms with Crippen LogP contribution >= 0.6 is 0 Å². The monoisotopic (exact) mass is 384 g/mol. The maximum atomic E-state index is 12.9. The molecule has 2 heterocycles. The second-order valence-electron chi connectivity index (χ2n) is 7.11. The van der Waals surface area contributed by atoms with Gasteiger partial charge in [0.25, 0.3) is 5.91 Å². The van der Waals surface area contributed by atoms with Gasteiger partial charge in [-0.1, -0.05) is 35.5 Å². The number of ether oxygens (including phenoxy) is 1. The third-order valence-electron chi connectivity index (χ3n) is 5.05. The topological polar surface area (TPSA) is 77.3 Å². The predicted molar refractivity (Wildman–Crippen MR) is 105 cm³/mol. The predicted octanol–water partition coefficient (Wildman–Crippen LogP) is 2.86. The normalized spacial score (nSPS) is 16.8. The lowest BCUT2D eigenvalue weighted by atomic mass is 9.99. The van der Waals surface area contributed by atoms with Crippen molar-refractivity contribution in [1.29, 1.82) is 0 Å². The Kier molecular flexibility index (Phi) is 7.17. The second kappa shape index (κ2) is 10.0. The Morgan fingerprint density at radius 3 is 2.82 bits per heavy atom. The Hall–Kier alpha value is -2.70. The van der Waals surface area contributed by atoms with Crippen LogP contribution in [0.25, 0.3) is 0 Å². The van der Waals surface area contributed by atoms with Gasteiger partial charge < -0.3 is 9.64 Å². The largest absolute Gasteiger partial charge is 0.466 e. The van der Waals surface area contributed by atoms with E-state index in [0.29, 0.717) is 25.4 Å². The molecule has 0 saturated carbocycles. The highest BCUT2D eigenvalue weighted by atomic mass is 16.5. The first-order valence-corrected chi connectivity index (χ1v) is 10.1. The molecule has 2 aromatic rings. The van der Waals surface area contributed by atoms with Crippen molar-refractivity contribution < 1.29 is 14.3 Å². The van der Waals surface area contributed by atoms with Crippen LogP contribution in [-0.4, -0.2) is 51.0 Å². The van der Waals surface area contributed by atoms with Crippen molar-refractivity contribution >= 4 is 11.9 Å². The van der Waals surface area contributed by atoms with Crippen molar-refractivity contribution in [2.45, 2.75) is 58.0 Å². The molecule has 1 unspecified atom stereocenters. The number of likely N-dealkylation sites (tertiary alicyclic amines) is 1. The number of aryl methyl sites for hydroxylation is 2. The molecule has 1 amide bonds. The minimum atomic E-state index is -0.253. The summed E-state index contributed by atoms with van der Waals surface area (Å²) in [6.45, 7) is 3.50. The van der Waals surface area contributed by atoms with E-state index in [1.54, 1.807) is 22.7 Å². The molecule has 0 bridgehead atoms. The molecule has 1 aliphatic rings.